The molecule has 6 N–H and O–H groups in total. The molecule has 0 amide bonds. The maximum absolute atomic E-state index is 9.21. The number of nitrogens with zero attached hydrogens (tertiary/aromatic N) is 6. The van der Waals surface area contributed by atoms with E-state index in [1.165, 1.54) is 110 Å². The van der Waals surface area contributed by atoms with E-state index in [4.69, 9.17) is 0 Å². The van der Waals surface area contributed by atoms with Gasteiger partial charge in [0.15, 0.2) is 0 Å². The van der Waals surface area contributed by atoms with Crippen LogP contribution in [0, 0.1) is 0 Å². The third-order valence-corrected chi connectivity index (χ3v) is 5.25. The summed E-state index contributed by atoms with van der Waals surface area (Å²) in [5.74, 6) is 0.751. The van der Waals surface area contributed by atoms with E-state index in [9.17, 15) is 30.6 Å². The molecule has 0 aliphatic rings. The second-order valence-corrected chi connectivity index (χ2v) is 8.40. The summed E-state index contributed by atoms with van der Waals surface area (Å²) in [7, 11) is 0. The van der Waals surface area contributed by atoms with Gasteiger partial charge in [-0.2, -0.15) is 0 Å². The predicted molar refractivity (Wildman–Crippen MR) is 152 cm³/mol. The van der Waals surface area contributed by atoms with Gasteiger partial charge in [0.2, 0.25) is 0 Å². The van der Waals surface area contributed by atoms with Crippen molar-refractivity contribution in [2.24, 2.45) is 0 Å². The molecule has 0 unspecified atom stereocenters. The Hall–Kier alpha value is -5.10. The van der Waals surface area contributed by atoms with Crippen LogP contribution in [-0.4, -0.2) is 60.5 Å². The van der Waals surface area contributed by atoms with Crippen molar-refractivity contribution in [3.63, 3.8) is 0 Å². The van der Waals surface area contributed by atoms with Crippen molar-refractivity contribution in [1.29, 1.82) is 0 Å². The van der Waals surface area contributed by atoms with Crippen molar-refractivity contribution in [2.45, 2.75) is 0 Å². The second kappa shape index (κ2) is 18.5. The Morgan fingerprint density at radius 3 is 0.533 bits per heavy atom. The van der Waals surface area contributed by atoms with E-state index in [2.05, 4.69) is 29.9 Å². The topological polar surface area (TPSA) is 199 Å². The summed E-state index contributed by atoms with van der Waals surface area (Å²) >= 11 is 0. The van der Waals surface area contributed by atoms with Crippen LogP contribution in [0.25, 0.3) is 34.2 Å². The van der Waals surface area contributed by atoms with Gasteiger partial charge in [0, 0.05) is 73.6 Å². The average molecular weight is 737 g/mol. The van der Waals surface area contributed by atoms with Crippen molar-refractivity contribution >= 4 is 0 Å². The predicted octanol–water partition coefficient (Wildman–Crippen LogP) is -1.33. The van der Waals surface area contributed by atoms with Gasteiger partial charge in [-0.3, -0.25) is 29.9 Å². The van der Waals surface area contributed by atoms with Crippen LogP contribution in [0.5, 0.6) is 34.5 Å². The first-order chi connectivity index (χ1) is 20.3. The van der Waals surface area contributed by atoms with Crippen LogP contribution >= 0.6 is 0 Å². The zero-order valence-electron chi connectivity index (χ0n) is 22.9. The Kier molecular flexibility index (Phi) is 15.6. The van der Waals surface area contributed by atoms with Crippen molar-refractivity contribution in [3.8, 4) is 68.7 Å². The fraction of sp³-hybridized carbons (Fsp3) is 0. The molecule has 0 saturated carbocycles. The summed E-state index contributed by atoms with van der Waals surface area (Å²) in [6.07, 6.45) is 8.90. The maximum Gasteiger partial charge on any atom is 2.00 e. The molecule has 0 atom stereocenters. The Morgan fingerprint density at radius 1 is 0.289 bits per heavy atom. The van der Waals surface area contributed by atoms with E-state index in [1.807, 2.05) is 0 Å². The summed E-state index contributed by atoms with van der Waals surface area (Å²) in [4.78, 5) is 24.1. The maximum atomic E-state index is 9.21. The first-order valence-electron chi connectivity index (χ1n) is 12.2. The Morgan fingerprint density at radius 2 is 0.422 bits per heavy atom. The molecular formula is C30H24Cl2N6O6Ru. The van der Waals surface area contributed by atoms with Crippen LogP contribution in [0.15, 0.2) is 110 Å². The van der Waals surface area contributed by atoms with Crippen LogP contribution in [0.3, 0.4) is 0 Å². The number of halogens is 2. The van der Waals surface area contributed by atoms with Crippen LogP contribution in [-0.2, 0) is 19.5 Å². The van der Waals surface area contributed by atoms with Gasteiger partial charge in [-0.05, 0) is 36.4 Å². The fourth-order valence-electron chi connectivity index (χ4n) is 3.36. The third kappa shape index (κ3) is 11.8. The van der Waals surface area contributed by atoms with Crippen LogP contribution in [0.1, 0.15) is 0 Å². The molecule has 6 rings (SSSR count). The molecule has 0 saturated heterocycles. The van der Waals surface area contributed by atoms with Crippen molar-refractivity contribution in [1.82, 2.24) is 29.9 Å². The zero-order valence-corrected chi connectivity index (χ0v) is 26.1. The Balaban J connectivity index is 0.000000327. The van der Waals surface area contributed by atoms with Gasteiger partial charge in [0.05, 0.1) is 34.2 Å². The Labute approximate surface area is 282 Å². The molecular weight excluding hydrogens is 712 g/mol. The molecule has 232 valence electrons. The smallest absolute Gasteiger partial charge is 1.00 e. The van der Waals surface area contributed by atoms with Gasteiger partial charge >= 0.3 is 19.5 Å². The molecule has 0 radical (unpaired) electrons. The molecule has 0 spiro atoms. The molecule has 6 heterocycles. The normalized spacial score (nSPS) is 9.33. The first-order valence-corrected chi connectivity index (χ1v) is 12.2. The van der Waals surface area contributed by atoms with E-state index in [-0.39, 0.29) is 78.8 Å². The minimum absolute atomic E-state index is 0. The van der Waals surface area contributed by atoms with Gasteiger partial charge in [-0.15, -0.1) is 0 Å². The van der Waals surface area contributed by atoms with E-state index >= 15 is 0 Å². The van der Waals surface area contributed by atoms with E-state index in [1.54, 1.807) is 0 Å². The SMILES string of the molecule is Oc1ccnc(-c2cc(O)ccn2)c1.Oc1ccnc(-c2cc(O)ccn2)c1.Oc1ccnc(-c2cc(O)ccn2)c1.[Cl-].[Cl-].[Ru+2]. The summed E-state index contributed by atoms with van der Waals surface area (Å²) in [5, 5.41) is 55.3. The first kappa shape index (κ1) is 37.9. The van der Waals surface area contributed by atoms with Crippen LogP contribution in [0.4, 0.5) is 0 Å². The average Bonchev–Trinajstić information content (AvgIpc) is 2.98. The van der Waals surface area contributed by atoms with Gasteiger partial charge < -0.3 is 55.5 Å². The number of aromatic hydroxyl groups is 6. The number of rotatable bonds is 3. The summed E-state index contributed by atoms with van der Waals surface area (Å²) in [6.45, 7) is 0. The molecule has 0 fully saturated rings. The number of hydrogen-bond donors (Lipinski definition) is 6. The summed E-state index contributed by atoms with van der Waals surface area (Å²) < 4.78 is 0. The van der Waals surface area contributed by atoms with E-state index in [0.29, 0.717) is 34.2 Å². The monoisotopic (exact) mass is 736 g/mol. The molecule has 0 aliphatic heterocycles. The van der Waals surface area contributed by atoms with Gasteiger partial charge in [0.25, 0.3) is 0 Å². The molecule has 0 aromatic carbocycles. The molecule has 0 aliphatic carbocycles. The summed E-state index contributed by atoms with van der Waals surface area (Å²) in [6, 6.07) is 17.8. The minimum Gasteiger partial charge on any atom is -1.00 e. The number of pyridine rings is 6. The minimum atomic E-state index is 0. The van der Waals surface area contributed by atoms with Crippen LogP contribution in [0.2, 0.25) is 0 Å². The van der Waals surface area contributed by atoms with Crippen LogP contribution < -0.4 is 24.8 Å². The number of aromatic nitrogens is 6. The quantitative estimate of drug-likeness (QED) is 0.117. The standard InChI is InChI=1S/3C10H8N2O2.2ClH.Ru/c3*13-7-1-3-11-9(5-7)10-6-8(14)2-4-12-10;;;/h3*1-6H,(H,11,13)(H,12,14);2*1H;/q;;;;;+2/p-2. The molecule has 12 nitrogen and oxygen atoms in total. The second-order valence-electron chi connectivity index (χ2n) is 8.40. The van der Waals surface area contributed by atoms with E-state index in [0.717, 1.165) is 0 Å². The largest absolute Gasteiger partial charge is 2.00 e. The molecule has 0 bridgehead atoms. The Bertz CT molecular complexity index is 1470. The molecule has 6 aromatic heterocycles. The number of hydrogen-bond acceptors (Lipinski definition) is 12. The van der Waals surface area contributed by atoms with Crippen molar-refractivity contribution in [2.75, 3.05) is 0 Å². The zero-order chi connectivity index (χ0) is 29.9. The van der Waals surface area contributed by atoms with Crippen molar-refractivity contribution < 1.29 is 74.9 Å². The van der Waals surface area contributed by atoms with Gasteiger partial charge in [-0.1, -0.05) is 0 Å². The van der Waals surface area contributed by atoms with Gasteiger partial charge in [0.1, 0.15) is 34.5 Å². The van der Waals surface area contributed by atoms with E-state index < -0.39 is 0 Å². The summed E-state index contributed by atoms with van der Waals surface area (Å²) in [5.41, 5.74) is 3.17. The van der Waals surface area contributed by atoms with Crippen molar-refractivity contribution in [3.05, 3.63) is 110 Å². The van der Waals surface area contributed by atoms with Gasteiger partial charge in [-0.25, -0.2) is 0 Å². The molecule has 15 heteroatoms. The third-order valence-electron chi connectivity index (χ3n) is 5.25. The molecule has 45 heavy (non-hydrogen) atoms. The fourth-order valence-corrected chi connectivity index (χ4v) is 3.36. The molecule has 6 aromatic rings.